The lowest BCUT2D eigenvalue weighted by atomic mass is 10.0. The van der Waals surface area contributed by atoms with Gasteiger partial charge < -0.3 is 0 Å². The molecule has 1 aliphatic heterocycles. The van der Waals surface area contributed by atoms with Crippen LogP contribution >= 0.6 is 15.9 Å². The summed E-state index contributed by atoms with van der Waals surface area (Å²) < 4.78 is 22.4. The van der Waals surface area contributed by atoms with E-state index in [9.17, 15) is 8.42 Å². The van der Waals surface area contributed by atoms with Crippen molar-refractivity contribution in [3.8, 4) is 0 Å². The fourth-order valence-electron chi connectivity index (χ4n) is 1.74. The van der Waals surface area contributed by atoms with Gasteiger partial charge in [0.2, 0.25) is 0 Å². The summed E-state index contributed by atoms with van der Waals surface area (Å²) in [6, 6.07) is 0. The molecule has 13 heavy (non-hydrogen) atoms. The van der Waals surface area contributed by atoms with E-state index in [1.165, 1.54) is 12.8 Å². The van der Waals surface area contributed by atoms with E-state index in [4.69, 9.17) is 0 Å². The second-order valence-electron chi connectivity index (χ2n) is 3.82. The van der Waals surface area contributed by atoms with Crippen LogP contribution in [0.3, 0.4) is 0 Å². The van der Waals surface area contributed by atoms with Gasteiger partial charge in [0.25, 0.3) is 0 Å². The third kappa shape index (κ3) is 3.58. The third-order valence-electron chi connectivity index (χ3n) is 2.61. The lowest BCUT2D eigenvalue weighted by molar-refractivity contribution is 0.526. The fraction of sp³-hybridized carbons (Fsp3) is 1.00. The number of hydrogen-bond donors (Lipinski definition) is 0. The molecule has 2 nitrogen and oxygen atoms in total. The number of halogens is 1. The molecule has 0 radical (unpaired) electrons. The summed E-state index contributed by atoms with van der Waals surface area (Å²) in [6.45, 7) is 2.16. The molecule has 0 bridgehead atoms. The highest BCUT2D eigenvalue weighted by Gasteiger charge is 2.31. The zero-order valence-corrected chi connectivity index (χ0v) is 10.4. The van der Waals surface area contributed by atoms with Gasteiger partial charge in [-0.25, -0.2) is 8.42 Å². The molecule has 1 heterocycles. The highest BCUT2D eigenvalue weighted by atomic mass is 79.9. The van der Waals surface area contributed by atoms with E-state index in [0.717, 1.165) is 12.8 Å². The summed E-state index contributed by atoms with van der Waals surface area (Å²) in [7, 11) is -2.70. The smallest absolute Gasteiger partial charge is 0.150 e. The zero-order valence-electron chi connectivity index (χ0n) is 8.00. The van der Waals surface area contributed by atoms with Crippen LogP contribution < -0.4 is 0 Å². The molecule has 1 fully saturated rings. The van der Waals surface area contributed by atoms with Gasteiger partial charge in [0.1, 0.15) is 0 Å². The van der Waals surface area contributed by atoms with Gasteiger partial charge >= 0.3 is 0 Å². The summed E-state index contributed by atoms with van der Waals surface area (Å²) in [5, 5.41) is 0. The number of rotatable bonds is 4. The molecule has 2 unspecified atom stereocenters. The Labute approximate surface area is 89.1 Å². The Balaban J connectivity index is 2.37. The maximum absolute atomic E-state index is 11.2. The summed E-state index contributed by atoms with van der Waals surface area (Å²) in [5.41, 5.74) is 0. The van der Waals surface area contributed by atoms with Crippen LogP contribution in [0.5, 0.6) is 0 Å². The zero-order chi connectivity index (χ0) is 9.90. The van der Waals surface area contributed by atoms with Gasteiger partial charge in [0.05, 0.1) is 11.5 Å². The molecule has 0 saturated carbocycles. The SMILES string of the molecule is CCCCC(Br)C1CCS(=O)(=O)C1. The number of unbranched alkanes of at least 4 members (excludes halogenated alkanes) is 1. The Bertz CT molecular complexity index is 248. The van der Waals surface area contributed by atoms with E-state index in [1.807, 2.05) is 0 Å². The summed E-state index contributed by atoms with van der Waals surface area (Å²) in [5.74, 6) is 1.15. The highest BCUT2D eigenvalue weighted by Crippen LogP contribution is 2.29. The molecule has 0 spiro atoms. The molecule has 0 aromatic carbocycles. The van der Waals surface area contributed by atoms with Gasteiger partial charge in [0, 0.05) is 4.83 Å². The molecular weight excluding hydrogens is 252 g/mol. The van der Waals surface area contributed by atoms with Gasteiger partial charge in [0.15, 0.2) is 9.84 Å². The second-order valence-corrected chi connectivity index (χ2v) is 7.23. The Morgan fingerprint density at radius 3 is 2.69 bits per heavy atom. The fourth-order valence-corrected chi connectivity index (χ4v) is 4.65. The van der Waals surface area contributed by atoms with E-state index in [-0.39, 0.29) is 0 Å². The van der Waals surface area contributed by atoms with Crippen molar-refractivity contribution in [3.05, 3.63) is 0 Å². The molecule has 0 N–H and O–H groups in total. The maximum atomic E-state index is 11.2. The van der Waals surface area contributed by atoms with Crippen LogP contribution in [0.25, 0.3) is 0 Å². The van der Waals surface area contributed by atoms with Crippen LogP contribution in [0.15, 0.2) is 0 Å². The third-order valence-corrected chi connectivity index (χ3v) is 5.61. The number of hydrogen-bond acceptors (Lipinski definition) is 2. The Hall–Kier alpha value is 0.430. The first-order valence-electron chi connectivity index (χ1n) is 4.89. The van der Waals surface area contributed by atoms with Crippen molar-refractivity contribution in [2.45, 2.75) is 37.4 Å². The van der Waals surface area contributed by atoms with Crippen molar-refractivity contribution >= 4 is 25.8 Å². The van der Waals surface area contributed by atoms with Gasteiger partial charge in [-0.3, -0.25) is 0 Å². The molecule has 1 aliphatic rings. The average Bonchev–Trinajstić information content (AvgIpc) is 2.42. The van der Waals surface area contributed by atoms with Crippen molar-refractivity contribution in [3.63, 3.8) is 0 Å². The Morgan fingerprint density at radius 2 is 2.23 bits per heavy atom. The first-order valence-corrected chi connectivity index (χ1v) is 7.63. The van der Waals surface area contributed by atoms with Crippen LogP contribution in [0, 0.1) is 5.92 Å². The van der Waals surface area contributed by atoms with Crippen LogP contribution in [0.4, 0.5) is 0 Å². The van der Waals surface area contributed by atoms with Crippen LogP contribution in [-0.2, 0) is 9.84 Å². The molecule has 0 aromatic heterocycles. The average molecular weight is 269 g/mol. The van der Waals surface area contributed by atoms with Crippen molar-refractivity contribution in [1.82, 2.24) is 0 Å². The van der Waals surface area contributed by atoms with Crippen LogP contribution in [0.2, 0.25) is 0 Å². The van der Waals surface area contributed by atoms with E-state index < -0.39 is 9.84 Å². The largest absolute Gasteiger partial charge is 0.229 e. The highest BCUT2D eigenvalue weighted by molar-refractivity contribution is 9.09. The minimum absolute atomic E-state index is 0.358. The van der Waals surface area contributed by atoms with E-state index in [0.29, 0.717) is 22.3 Å². The van der Waals surface area contributed by atoms with E-state index >= 15 is 0 Å². The second kappa shape index (κ2) is 4.78. The first kappa shape index (κ1) is 11.5. The van der Waals surface area contributed by atoms with E-state index in [2.05, 4.69) is 22.9 Å². The molecule has 4 heteroatoms. The predicted molar refractivity (Wildman–Crippen MR) is 59.0 cm³/mol. The van der Waals surface area contributed by atoms with Gasteiger partial charge in [-0.05, 0) is 18.8 Å². The summed E-state index contributed by atoms with van der Waals surface area (Å²) in [4.78, 5) is 0.407. The molecule has 0 aromatic rings. The van der Waals surface area contributed by atoms with Gasteiger partial charge in [-0.1, -0.05) is 35.7 Å². The summed E-state index contributed by atoms with van der Waals surface area (Å²) in [6.07, 6.45) is 4.33. The molecule has 0 aliphatic carbocycles. The Morgan fingerprint density at radius 1 is 1.54 bits per heavy atom. The quantitative estimate of drug-likeness (QED) is 0.734. The Kier molecular flexibility index (Phi) is 4.23. The van der Waals surface area contributed by atoms with Crippen molar-refractivity contribution < 1.29 is 8.42 Å². The van der Waals surface area contributed by atoms with Crippen LogP contribution in [-0.4, -0.2) is 24.8 Å². The minimum atomic E-state index is -2.70. The first-order chi connectivity index (χ1) is 6.05. The molecule has 78 valence electrons. The maximum Gasteiger partial charge on any atom is 0.150 e. The van der Waals surface area contributed by atoms with Gasteiger partial charge in [-0.2, -0.15) is 0 Å². The number of sulfone groups is 1. The molecule has 0 amide bonds. The monoisotopic (exact) mass is 268 g/mol. The number of alkyl halides is 1. The lowest BCUT2D eigenvalue weighted by Gasteiger charge is -2.14. The molecule has 1 rings (SSSR count). The van der Waals surface area contributed by atoms with E-state index in [1.54, 1.807) is 0 Å². The molecule has 1 saturated heterocycles. The van der Waals surface area contributed by atoms with Crippen molar-refractivity contribution in [1.29, 1.82) is 0 Å². The predicted octanol–water partition coefficient (Wildman–Crippen LogP) is 2.37. The normalized spacial score (nSPS) is 28.9. The topological polar surface area (TPSA) is 34.1 Å². The van der Waals surface area contributed by atoms with Crippen molar-refractivity contribution in [2.24, 2.45) is 5.92 Å². The minimum Gasteiger partial charge on any atom is -0.229 e. The van der Waals surface area contributed by atoms with Crippen LogP contribution in [0.1, 0.15) is 32.6 Å². The molecule has 2 atom stereocenters. The lowest BCUT2D eigenvalue weighted by Crippen LogP contribution is -2.15. The molecular formula is C9H17BrO2S. The standard InChI is InChI=1S/C9H17BrO2S/c1-2-3-4-9(10)8-5-6-13(11,12)7-8/h8-9H,2-7H2,1H3. The summed E-state index contributed by atoms with van der Waals surface area (Å²) >= 11 is 3.59. The van der Waals surface area contributed by atoms with Crippen molar-refractivity contribution in [2.75, 3.05) is 11.5 Å². The van der Waals surface area contributed by atoms with Gasteiger partial charge in [-0.15, -0.1) is 0 Å².